The Morgan fingerprint density at radius 3 is 2.42 bits per heavy atom. The number of rotatable bonds is 4. The van der Waals surface area contributed by atoms with E-state index >= 15 is 0 Å². The largest absolute Gasteiger partial charge is 0.462 e. The van der Waals surface area contributed by atoms with Crippen LogP contribution in [0.15, 0.2) is 0 Å². The summed E-state index contributed by atoms with van der Waals surface area (Å²) in [5.74, 6) is 0.0164. The fraction of sp³-hybridized carbons (Fsp3) is 0.889. The van der Waals surface area contributed by atoms with Gasteiger partial charge in [-0.3, -0.25) is 4.79 Å². The number of amides is 1. The van der Waals surface area contributed by atoms with E-state index in [1.807, 2.05) is 20.8 Å². The van der Waals surface area contributed by atoms with Crippen LogP contribution in [0.3, 0.4) is 0 Å². The third kappa shape index (κ3) is 6.30. The molecule has 0 aromatic rings. The first-order valence-corrected chi connectivity index (χ1v) is 9.10. The summed E-state index contributed by atoms with van der Waals surface area (Å²) in [6, 6.07) is 0. The summed E-state index contributed by atoms with van der Waals surface area (Å²) in [6.45, 7) is 7.27. The summed E-state index contributed by atoms with van der Waals surface area (Å²) in [5.41, 5.74) is -0.508. The van der Waals surface area contributed by atoms with Crippen LogP contribution in [0.1, 0.15) is 59.3 Å². The number of alkyl carbamates (subject to hydrolysis) is 1. The lowest BCUT2D eigenvalue weighted by Crippen LogP contribution is -2.41. The molecule has 6 nitrogen and oxygen atoms in total. The number of esters is 1. The van der Waals surface area contributed by atoms with Crippen LogP contribution in [0.25, 0.3) is 0 Å². The maximum atomic E-state index is 12.3. The molecule has 1 aliphatic carbocycles. The molecule has 6 heteroatoms. The Balaban J connectivity index is 1.81. The topological polar surface area (TPSA) is 73.9 Å². The molecule has 0 unspecified atom stereocenters. The van der Waals surface area contributed by atoms with Crippen molar-refractivity contribution in [1.82, 2.24) is 5.32 Å². The van der Waals surface area contributed by atoms with Crippen molar-refractivity contribution in [1.29, 1.82) is 0 Å². The summed E-state index contributed by atoms with van der Waals surface area (Å²) >= 11 is 0. The molecule has 138 valence electrons. The zero-order chi connectivity index (χ0) is 17.6. The van der Waals surface area contributed by atoms with Gasteiger partial charge >= 0.3 is 12.1 Å². The van der Waals surface area contributed by atoms with Crippen molar-refractivity contribution in [3.8, 4) is 0 Å². The summed E-state index contributed by atoms with van der Waals surface area (Å²) in [6.07, 6.45) is 4.96. The van der Waals surface area contributed by atoms with E-state index < -0.39 is 11.7 Å². The molecule has 0 bridgehead atoms. The van der Waals surface area contributed by atoms with Gasteiger partial charge in [-0.05, 0) is 52.9 Å². The highest BCUT2D eigenvalue weighted by atomic mass is 16.6. The minimum absolute atomic E-state index is 0.0415. The zero-order valence-electron chi connectivity index (χ0n) is 15.1. The summed E-state index contributed by atoms with van der Waals surface area (Å²) < 4.78 is 16.4. The van der Waals surface area contributed by atoms with Gasteiger partial charge in [-0.15, -0.1) is 0 Å². The average molecular weight is 341 g/mol. The molecule has 1 heterocycles. The van der Waals surface area contributed by atoms with Crippen molar-refractivity contribution in [2.75, 3.05) is 19.8 Å². The van der Waals surface area contributed by atoms with Gasteiger partial charge in [0.25, 0.3) is 0 Å². The third-order valence-electron chi connectivity index (χ3n) is 4.57. The molecule has 1 saturated heterocycles. The van der Waals surface area contributed by atoms with Gasteiger partial charge in [-0.25, -0.2) is 4.79 Å². The zero-order valence-corrected chi connectivity index (χ0v) is 15.1. The highest BCUT2D eigenvalue weighted by Crippen LogP contribution is 2.28. The average Bonchev–Trinajstić information content (AvgIpc) is 2.53. The number of carbonyl (C=O) groups excluding carboxylic acids is 2. The Kier molecular flexibility index (Phi) is 6.90. The Hall–Kier alpha value is -1.30. The summed E-state index contributed by atoms with van der Waals surface area (Å²) in [7, 11) is 0. The second-order valence-corrected chi connectivity index (χ2v) is 7.79. The van der Waals surface area contributed by atoms with E-state index in [0.717, 1.165) is 38.5 Å². The van der Waals surface area contributed by atoms with Crippen molar-refractivity contribution < 1.29 is 23.8 Å². The van der Waals surface area contributed by atoms with E-state index in [2.05, 4.69) is 5.32 Å². The van der Waals surface area contributed by atoms with Crippen LogP contribution in [-0.4, -0.2) is 43.5 Å². The lowest BCUT2D eigenvalue weighted by molar-refractivity contribution is -0.161. The highest BCUT2D eigenvalue weighted by Gasteiger charge is 2.32. The summed E-state index contributed by atoms with van der Waals surface area (Å²) in [5, 5.41) is 2.82. The second kappa shape index (κ2) is 8.70. The highest BCUT2D eigenvalue weighted by molar-refractivity contribution is 5.72. The lowest BCUT2D eigenvalue weighted by atomic mass is 9.86. The Morgan fingerprint density at radius 2 is 1.75 bits per heavy atom. The van der Waals surface area contributed by atoms with Crippen molar-refractivity contribution in [2.24, 2.45) is 11.8 Å². The molecular weight excluding hydrogens is 310 g/mol. The SMILES string of the molecule is CC(C)(C)OC(=O)NC[C@H]1CCCC[C@H]1OC(=O)C1CCOCC1. The number of nitrogens with one attached hydrogen (secondary N) is 1. The van der Waals surface area contributed by atoms with E-state index in [-0.39, 0.29) is 23.9 Å². The molecular formula is C18H31NO5. The van der Waals surface area contributed by atoms with Gasteiger partial charge in [0, 0.05) is 25.7 Å². The normalized spacial score (nSPS) is 25.8. The van der Waals surface area contributed by atoms with Gasteiger partial charge in [0.2, 0.25) is 0 Å². The molecule has 24 heavy (non-hydrogen) atoms. The van der Waals surface area contributed by atoms with Crippen LogP contribution >= 0.6 is 0 Å². The van der Waals surface area contributed by atoms with Crippen LogP contribution in [0.5, 0.6) is 0 Å². The third-order valence-corrected chi connectivity index (χ3v) is 4.57. The lowest BCUT2D eigenvalue weighted by Gasteiger charge is -2.33. The van der Waals surface area contributed by atoms with Crippen LogP contribution in [0, 0.1) is 11.8 Å². The minimum Gasteiger partial charge on any atom is -0.462 e. The molecule has 1 saturated carbocycles. The summed E-state index contributed by atoms with van der Waals surface area (Å²) in [4.78, 5) is 24.2. The molecule has 1 aliphatic heterocycles. The fourth-order valence-electron chi connectivity index (χ4n) is 3.27. The number of ether oxygens (including phenoxy) is 3. The maximum Gasteiger partial charge on any atom is 0.407 e. The monoisotopic (exact) mass is 341 g/mol. The molecule has 1 amide bonds. The standard InChI is InChI=1S/C18H31NO5/c1-18(2,3)24-17(21)19-12-14-6-4-5-7-15(14)23-16(20)13-8-10-22-11-9-13/h13-15H,4-12H2,1-3H3,(H,19,21)/t14-,15-/m1/s1. The van der Waals surface area contributed by atoms with Crippen molar-refractivity contribution in [3.05, 3.63) is 0 Å². The first kappa shape index (κ1) is 19.0. The van der Waals surface area contributed by atoms with Crippen molar-refractivity contribution >= 4 is 12.1 Å². The molecule has 0 aromatic carbocycles. The first-order valence-electron chi connectivity index (χ1n) is 9.10. The van der Waals surface area contributed by atoms with E-state index in [0.29, 0.717) is 19.8 Å². The number of hydrogen-bond donors (Lipinski definition) is 1. The molecule has 2 rings (SSSR count). The Morgan fingerprint density at radius 1 is 1.08 bits per heavy atom. The number of hydrogen-bond acceptors (Lipinski definition) is 5. The van der Waals surface area contributed by atoms with E-state index in [4.69, 9.17) is 14.2 Å². The van der Waals surface area contributed by atoms with Gasteiger partial charge in [-0.1, -0.05) is 6.42 Å². The maximum absolute atomic E-state index is 12.3. The van der Waals surface area contributed by atoms with Crippen LogP contribution < -0.4 is 5.32 Å². The van der Waals surface area contributed by atoms with Gasteiger partial charge < -0.3 is 19.5 Å². The van der Waals surface area contributed by atoms with Gasteiger partial charge in [0.15, 0.2) is 0 Å². The van der Waals surface area contributed by atoms with Crippen LogP contribution in [-0.2, 0) is 19.0 Å². The van der Waals surface area contributed by atoms with Crippen LogP contribution in [0.2, 0.25) is 0 Å². The quantitative estimate of drug-likeness (QED) is 0.796. The van der Waals surface area contributed by atoms with Gasteiger partial charge in [0.05, 0.1) is 5.92 Å². The Bertz CT molecular complexity index is 426. The van der Waals surface area contributed by atoms with Crippen LogP contribution in [0.4, 0.5) is 4.79 Å². The first-order chi connectivity index (χ1) is 11.3. The molecule has 0 radical (unpaired) electrons. The molecule has 2 atom stereocenters. The smallest absolute Gasteiger partial charge is 0.407 e. The Labute approximate surface area is 144 Å². The second-order valence-electron chi connectivity index (χ2n) is 7.79. The molecule has 2 aliphatic rings. The van der Waals surface area contributed by atoms with Crippen molar-refractivity contribution in [2.45, 2.75) is 71.0 Å². The predicted molar refractivity (Wildman–Crippen MR) is 89.6 cm³/mol. The minimum atomic E-state index is -0.508. The van der Waals surface area contributed by atoms with Gasteiger partial charge in [-0.2, -0.15) is 0 Å². The molecule has 0 spiro atoms. The van der Waals surface area contributed by atoms with E-state index in [1.165, 1.54) is 0 Å². The van der Waals surface area contributed by atoms with E-state index in [1.54, 1.807) is 0 Å². The predicted octanol–water partition coefficient (Wildman–Crippen LogP) is 3.04. The molecule has 1 N–H and O–H groups in total. The molecule has 0 aromatic heterocycles. The molecule has 2 fully saturated rings. The van der Waals surface area contributed by atoms with Gasteiger partial charge in [0.1, 0.15) is 11.7 Å². The number of carbonyl (C=O) groups is 2. The van der Waals surface area contributed by atoms with E-state index in [9.17, 15) is 9.59 Å². The fourth-order valence-corrected chi connectivity index (χ4v) is 3.27. The van der Waals surface area contributed by atoms with Crippen molar-refractivity contribution in [3.63, 3.8) is 0 Å².